The molecule has 3 aromatic rings. The van der Waals surface area contributed by atoms with Gasteiger partial charge in [-0.2, -0.15) is 5.10 Å². The normalized spacial score (nSPS) is 22.5. The topological polar surface area (TPSA) is 128 Å². The third-order valence-corrected chi connectivity index (χ3v) is 8.49. The Morgan fingerprint density at radius 3 is 2.48 bits per heavy atom. The molecule has 3 fully saturated rings. The number of nitrogens with one attached hydrogen (secondary N) is 1. The summed E-state index contributed by atoms with van der Waals surface area (Å²) >= 11 is 0. The van der Waals surface area contributed by atoms with Gasteiger partial charge in [0, 0.05) is 32.1 Å². The van der Waals surface area contributed by atoms with Crippen molar-refractivity contribution < 1.29 is 31.7 Å². The number of primary amides is 1. The molecular weight excluding hydrogens is 532 g/mol. The van der Waals surface area contributed by atoms with Crippen LogP contribution < -0.4 is 11.1 Å². The number of alkyl halides is 4. The van der Waals surface area contributed by atoms with Crippen molar-refractivity contribution in [2.24, 2.45) is 23.5 Å². The van der Waals surface area contributed by atoms with Crippen molar-refractivity contribution in [3.8, 4) is 0 Å². The van der Waals surface area contributed by atoms with Crippen molar-refractivity contribution in [2.45, 2.75) is 81.6 Å². The Hall–Kier alpha value is -3.51. The van der Waals surface area contributed by atoms with Gasteiger partial charge in [-0.1, -0.05) is 5.16 Å². The van der Waals surface area contributed by atoms with Crippen LogP contribution in [0.15, 0.2) is 29.2 Å². The number of hydrogen-bond acceptors (Lipinski definition) is 6. The van der Waals surface area contributed by atoms with E-state index in [1.807, 2.05) is 0 Å². The summed E-state index contributed by atoms with van der Waals surface area (Å²) in [5.41, 5.74) is 7.59. The number of aromatic nitrogens is 4. The third kappa shape index (κ3) is 5.42. The second kappa shape index (κ2) is 9.84. The van der Waals surface area contributed by atoms with Crippen LogP contribution in [0.3, 0.4) is 0 Å². The maximum absolute atomic E-state index is 14.0. The molecule has 0 bridgehead atoms. The van der Waals surface area contributed by atoms with E-state index < -0.39 is 23.7 Å². The number of carbonyl (C=O) groups is 2. The van der Waals surface area contributed by atoms with Gasteiger partial charge in [0.25, 0.3) is 5.91 Å². The predicted octanol–water partition coefficient (Wildman–Crippen LogP) is 4.78. The van der Waals surface area contributed by atoms with E-state index in [0.717, 1.165) is 24.7 Å². The van der Waals surface area contributed by atoms with Crippen LogP contribution in [0.25, 0.3) is 5.65 Å². The zero-order chi connectivity index (χ0) is 28.2. The lowest BCUT2D eigenvalue weighted by molar-refractivity contribution is -0.134. The minimum absolute atomic E-state index is 0.0595. The molecule has 0 radical (unpaired) electrons. The van der Waals surface area contributed by atoms with E-state index in [4.69, 9.17) is 15.2 Å². The first kappa shape index (κ1) is 26.7. The van der Waals surface area contributed by atoms with Gasteiger partial charge in [-0.05, 0) is 55.1 Å². The van der Waals surface area contributed by atoms with E-state index in [0.29, 0.717) is 11.3 Å². The Kier molecular flexibility index (Phi) is 6.57. The zero-order valence-corrected chi connectivity index (χ0v) is 21.7. The molecule has 214 valence electrons. The molecule has 0 unspecified atom stereocenters. The van der Waals surface area contributed by atoms with Crippen LogP contribution >= 0.6 is 0 Å². The highest BCUT2D eigenvalue weighted by molar-refractivity contribution is 5.93. The molecule has 3 aliphatic carbocycles. The molecule has 0 aliphatic heterocycles. The summed E-state index contributed by atoms with van der Waals surface area (Å²) in [6.45, 7) is 0. The molecule has 13 heteroatoms. The number of fused-ring (bicyclic) bond motifs is 1. The van der Waals surface area contributed by atoms with Crippen molar-refractivity contribution in [3.05, 3.63) is 47.2 Å². The molecule has 0 saturated heterocycles. The molecule has 3 aromatic heterocycles. The highest BCUT2D eigenvalue weighted by Crippen LogP contribution is 2.46. The SMILES string of the molecule is NC(=O)c1conc1[C@H](c1cn2ncc([C@H](NC(=O)CC3CC(F)(F)C3)C3CC3)cc2n1)C1CCC(F)(F)CC1. The standard InChI is InChI=1S/C27H30F4N6O3/c28-26(29)5-3-15(4-6-26)22(24-18(25(32)39)13-40-36-24)19-12-37-20(34-19)8-17(11-33-37)23(16-1-2-16)35-21(38)7-14-9-27(30,31)10-14/h8,11-16,22-23H,1-7,9-10H2,(H2,32,39)(H,35,38)/t22-,23+/m0/s1. The molecule has 3 N–H and O–H groups in total. The minimum atomic E-state index is -2.74. The lowest BCUT2D eigenvalue weighted by atomic mass is 9.75. The molecule has 0 aromatic carbocycles. The quantitative estimate of drug-likeness (QED) is 0.362. The summed E-state index contributed by atoms with van der Waals surface area (Å²) in [4.78, 5) is 29.5. The largest absolute Gasteiger partial charge is 0.365 e. The first-order chi connectivity index (χ1) is 19.0. The van der Waals surface area contributed by atoms with Crippen LogP contribution in [0.1, 0.15) is 97.1 Å². The van der Waals surface area contributed by atoms with Gasteiger partial charge in [-0.3, -0.25) is 9.59 Å². The number of imidazole rings is 1. The highest BCUT2D eigenvalue weighted by atomic mass is 19.3. The molecule has 3 saturated carbocycles. The number of carbonyl (C=O) groups excluding carboxylic acids is 2. The maximum Gasteiger partial charge on any atom is 0.253 e. The second-order valence-corrected chi connectivity index (χ2v) is 11.6. The van der Waals surface area contributed by atoms with E-state index in [2.05, 4.69) is 15.6 Å². The Balaban J connectivity index is 1.27. The van der Waals surface area contributed by atoms with Gasteiger partial charge in [-0.15, -0.1) is 0 Å². The third-order valence-electron chi connectivity index (χ3n) is 8.49. The molecule has 3 aliphatic rings. The number of hydrogen-bond donors (Lipinski definition) is 2. The summed E-state index contributed by atoms with van der Waals surface area (Å²) in [6, 6.07) is 1.49. The van der Waals surface area contributed by atoms with E-state index in [1.54, 1.807) is 23.0 Å². The van der Waals surface area contributed by atoms with Crippen LogP contribution in [0.4, 0.5) is 17.6 Å². The summed E-state index contributed by atoms with van der Waals surface area (Å²) in [6.07, 6.45) is 5.70. The van der Waals surface area contributed by atoms with Gasteiger partial charge >= 0.3 is 0 Å². The Labute approximate surface area is 226 Å². The minimum Gasteiger partial charge on any atom is -0.365 e. The monoisotopic (exact) mass is 562 g/mol. The zero-order valence-electron chi connectivity index (χ0n) is 21.7. The van der Waals surface area contributed by atoms with Gasteiger partial charge < -0.3 is 15.6 Å². The van der Waals surface area contributed by atoms with Gasteiger partial charge in [-0.25, -0.2) is 27.1 Å². The highest BCUT2D eigenvalue weighted by Gasteiger charge is 2.46. The molecular formula is C27H30F4N6O3. The van der Waals surface area contributed by atoms with Crippen LogP contribution in [0.2, 0.25) is 0 Å². The molecule has 0 spiro atoms. The van der Waals surface area contributed by atoms with Crippen LogP contribution in [-0.4, -0.2) is 43.4 Å². The smallest absolute Gasteiger partial charge is 0.253 e. The fraction of sp³-hybridized carbons (Fsp3) is 0.593. The second-order valence-electron chi connectivity index (χ2n) is 11.6. The Morgan fingerprint density at radius 2 is 1.82 bits per heavy atom. The number of nitrogens with two attached hydrogens (primary N) is 1. The van der Waals surface area contributed by atoms with Crippen molar-refractivity contribution in [1.82, 2.24) is 25.1 Å². The van der Waals surface area contributed by atoms with Crippen LogP contribution in [0, 0.1) is 17.8 Å². The predicted molar refractivity (Wildman–Crippen MR) is 133 cm³/mol. The number of nitrogens with zero attached hydrogens (tertiary/aromatic N) is 4. The summed E-state index contributed by atoms with van der Waals surface area (Å²) in [7, 11) is 0. The van der Waals surface area contributed by atoms with E-state index in [1.165, 1.54) is 0 Å². The van der Waals surface area contributed by atoms with E-state index in [-0.39, 0.29) is 85.9 Å². The number of amides is 2. The lowest BCUT2D eigenvalue weighted by Crippen LogP contribution is -2.39. The lowest BCUT2D eigenvalue weighted by Gasteiger charge is -2.34. The maximum atomic E-state index is 14.0. The average molecular weight is 563 g/mol. The van der Waals surface area contributed by atoms with Crippen molar-refractivity contribution in [3.63, 3.8) is 0 Å². The van der Waals surface area contributed by atoms with E-state index >= 15 is 0 Å². The first-order valence-electron chi connectivity index (χ1n) is 13.6. The van der Waals surface area contributed by atoms with Crippen molar-refractivity contribution in [1.29, 1.82) is 0 Å². The van der Waals surface area contributed by atoms with Gasteiger partial charge in [0.1, 0.15) is 17.5 Å². The molecule has 40 heavy (non-hydrogen) atoms. The average Bonchev–Trinajstić information content (AvgIpc) is 3.43. The molecule has 2 amide bonds. The number of rotatable bonds is 9. The summed E-state index contributed by atoms with van der Waals surface area (Å²) in [5, 5.41) is 11.5. The first-order valence-corrected chi connectivity index (χ1v) is 13.6. The fourth-order valence-electron chi connectivity index (χ4n) is 6.21. The van der Waals surface area contributed by atoms with Gasteiger partial charge in [0.05, 0.1) is 30.0 Å². The molecule has 3 heterocycles. The van der Waals surface area contributed by atoms with Crippen LogP contribution in [0.5, 0.6) is 0 Å². The summed E-state index contributed by atoms with van der Waals surface area (Å²) in [5.74, 6) is -7.39. The van der Waals surface area contributed by atoms with Crippen molar-refractivity contribution >= 4 is 17.5 Å². The van der Waals surface area contributed by atoms with Crippen molar-refractivity contribution in [2.75, 3.05) is 0 Å². The summed E-state index contributed by atoms with van der Waals surface area (Å²) < 4.78 is 60.9. The molecule has 2 atom stereocenters. The number of halogens is 4. The van der Waals surface area contributed by atoms with Gasteiger partial charge in [0.15, 0.2) is 5.65 Å². The Morgan fingerprint density at radius 1 is 1.10 bits per heavy atom. The fourth-order valence-corrected chi connectivity index (χ4v) is 6.21. The van der Waals surface area contributed by atoms with E-state index in [9.17, 15) is 27.2 Å². The van der Waals surface area contributed by atoms with Crippen LogP contribution in [-0.2, 0) is 4.79 Å². The van der Waals surface area contributed by atoms with Gasteiger partial charge in [0.2, 0.25) is 17.8 Å². The molecule has 6 rings (SSSR count). The molecule has 9 nitrogen and oxygen atoms in total. The Bertz CT molecular complexity index is 1420.